The summed E-state index contributed by atoms with van der Waals surface area (Å²) in [6.07, 6.45) is 3.33. The van der Waals surface area contributed by atoms with Gasteiger partial charge in [0.1, 0.15) is 23.0 Å². The zero-order chi connectivity index (χ0) is 18.0. The summed E-state index contributed by atoms with van der Waals surface area (Å²) in [6, 6.07) is 7.14. The number of anilines is 2. The molecule has 6 nitrogen and oxygen atoms in total. The Morgan fingerprint density at radius 3 is 2.88 bits per heavy atom. The summed E-state index contributed by atoms with van der Waals surface area (Å²) < 4.78 is 20.4. The van der Waals surface area contributed by atoms with Gasteiger partial charge in [-0.2, -0.15) is 5.10 Å². The van der Waals surface area contributed by atoms with Crippen molar-refractivity contribution in [1.82, 2.24) is 19.7 Å². The molecule has 1 N–H and O–H groups in total. The van der Waals surface area contributed by atoms with Crippen molar-refractivity contribution < 1.29 is 9.13 Å². The third-order valence-electron chi connectivity index (χ3n) is 3.47. The van der Waals surface area contributed by atoms with Gasteiger partial charge in [-0.25, -0.2) is 14.4 Å². The Hall–Kier alpha value is -2.67. The van der Waals surface area contributed by atoms with E-state index in [1.807, 2.05) is 30.8 Å². The predicted molar refractivity (Wildman–Crippen MR) is 93.7 cm³/mol. The van der Waals surface area contributed by atoms with E-state index in [0.29, 0.717) is 27.8 Å². The lowest BCUT2D eigenvalue weighted by Gasteiger charge is -2.11. The van der Waals surface area contributed by atoms with E-state index in [2.05, 4.69) is 26.4 Å². The zero-order valence-electron chi connectivity index (χ0n) is 13.9. The second-order valence-corrected chi connectivity index (χ2v) is 5.96. The van der Waals surface area contributed by atoms with Crippen LogP contribution in [0.2, 0.25) is 5.02 Å². The lowest BCUT2D eigenvalue weighted by molar-refractivity contribution is 0.415. The van der Waals surface area contributed by atoms with Crippen molar-refractivity contribution in [2.75, 3.05) is 12.4 Å². The summed E-state index contributed by atoms with van der Waals surface area (Å²) in [4.78, 5) is 8.53. The van der Waals surface area contributed by atoms with Crippen molar-refractivity contribution >= 4 is 23.2 Å². The van der Waals surface area contributed by atoms with E-state index in [1.54, 1.807) is 0 Å². The van der Waals surface area contributed by atoms with Crippen molar-refractivity contribution in [2.45, 2.75) is 19.9 Å². The van der Waals surface area contributed by atoms with Crippen LogP contribution in [-0.2, 0) is 0 Å². The number of nitrogens with one attached hydrogen (secondary N) is 1. The summed E-state index contributed by atoms with van der Waals surface area (Å²) in [5.41, 5.74) is 1.50. The highest BCUT2D eigenvalue weighted by molar-refractivity contribution is 6.32. The molecule has 2 heterocycles. The number of ether oxygens (including phenoxy) is 1. The molecule has 8 heteroatoms. The molecule has 0 saturated heterocycles. The minimum Gasteiger partial charge on any atom is -0.495 e. The first-order chi connectivity index (χ1) is 12.0. The highest BCUT2D eigenvalue weighted by Gasteiger charge is 2.13. The molecule has 1 radical (unpaired) electrons. The molecule has 129 valence electrons. The fourth-order valence-corrected chi connectivity index (χ4v) is 2.39. The van der Waals surface area contributed by atoms with Crippen LogP contribution in [0.5, 0.6) is 5.75 Å². The fourth-order valence-electron chi connectivity index (χ4n) is 2.20. The number of hydrogen-bond acceptors (Lipinski definition) is 5. The average molecular weight is 361 g/mol. The molecule has 0 bridgehead atoms. The molecule has 1 aromatic carbocycles. The highest BCUT2D eigenvalue weighted by Crippen LogP contribution is 2.29. The molecule has 0 saturated carbocycles. The van der Waals surface area contributed by atoms with Gasteiger partial charge < -0.3 is 10.1 Å². The number of hydrogen-bond donors (Lipinski definition) is 1. The van der Waals surface area contributed by atoms with E-state index in [0.717, 1.165) is 0 Å². The largest absolute Gasteiger partial charge is 0.495 e. The summed E-state index contributed by atoms with van der Waals surface area (Å²) in [5, 5.41) is 7.77. The normalized spacial score (nSPS) is 11.0. The molecule has 0 unspecified atom stereocenters. The number of methoxy groups -OCH3 is 1. The Kier molecular flexibility index (Phi) is 4.85. The average Bonchev–Trinajstić information content (AvgIpc) is 3.07. The number of aromatic nitrogens is 4. The second kappa shape index (κ2) is 7.06. The summed E-state index contributed by atoms with van der Waals surface area (Å²) >= 11 is 6.21. The van der Waals surface area contributed by atoms with Crippen molar-refractivity contribution in [3.8, 4) is 17.1 Å². The van der Waals surface area contributed by atoms with E-state index in [1.165, 1.54) is 25.4 Å². The molecule has 0 aliphatic heterocycles. The fraction of sp³-hybridized carbons (Fsp3) is 0.235. The van der Waals surface area contributed by atoms with Crippen LogP contribution in [0, 0.1) is 11.9 Å². The quantitative estimate of drug-likeness (QED) is 0.736. The molecule has 0 spiro atoms. The van der Waals surface area contributed by atoms with E-state index < -0.39 is 5.82 Å². The summed E-state index contributed by atoms with van der Waals surface area (Å²) in [7, 11) is 1.49. The lowest BCUT2D eigenvalue weighted by Crippen LogP contribution is -2.03. The molecule has 2 aromatic heterocycles. The molecule has 0 atom stereocenters. The predicted octanol–water partition coefficient (Wildman–Crippen LogP) is 4.27. The standard InChI is InChI=1S/C17H16ClFN5O/c1-10(2)24-7-6-13(23-24)16-12(18)9-20-17(22-16)21-14-8-11(19)4-5-15(14)25-3/h5-10H,1-3H3,(H,20,21,22). The summed E-state index contributed by atoms with van der Waals surface area (Å²) in [5.74, 6) is 0.154. The van der Waals surface area contributed by atoms with Gasteiger partial charge in [0.15, 0.2) is 0 Å². The molecular formula is C17H16ClFN5O. The third kappa shape index (κ3) is 3.71. The zero-order valence-corrected chi connectivity index (χ0v) is 14.7. The van der Waals surface area contributed by atoms with Crippen LogP contribution in [0.3, 0.4) is 0 Å². The van der Waals surface area contributed by atoms with Crippen molar-refractivity contribution in [3.05, 3.63) is 47.5 Å². The second-order valence-electron chi connectivity index (χ2n) is 5.55. The summed E-state index contributed by atoms with van der Waals surface area (Å²) in [6.45, 7) is 4.05. The lowest BCUT2D eigenvalue weighted by atomic mass is 10.3. The van der Waals surface area contributed by atoms with Crippen LogP contribution in [0.15, 0.2) is 30.6 Å². The van der Waals surface area contributed by atoms with Crippen LogP contribution < -0.4 is 10.1 Å². The van der Waals surface area contributed by atoms with Crippen LogP contribution in [-0.4, -0.2) is 26.9 Å². The number of halogens is 2. The van der Waals surface area contributed by atoms with Crippen LogP contribution >= 0.6 is 11.6 Å². The molecule has 0 aliphatic rings. The Balaban J connectivity index is 1.95. The van der Waals surface area contributed by atoms with Gasteiger partial charge in [0.2, 0.25) is 5.95 Å². The Morgan fingerprint density at radius 2 is 2.20 bits per heavy atom. The van der Waals surface area contributed by atoms with Gasteiger partial charge in [0, 0.05) is 24.4 Å². The Morgan fingerprint density at radius 1 is 1.40 bits per heavy atom. The van der Waals surface area contributed by atoms with Crippen LogP contribution in [0.1, 0.15) is 19.9 Å². The van der Waals surface area contributed by atoms with Crippen molar-refractivity contribution in [2.24, 2.45) is 0 Å². The molecule has 0 fully saturated rings. The molecule has 3 aromatic rings. The van der Waals surface area contributed by atoms with Crippen LogP contribution in [0.4, 0.5) is 16.0 Å². The van der Waals surface area contributed by atoms with Crippen molar-refractivity contribution in [1.29, 1.82) is 0 Å². The maximum Gasteiger partial charge on any atom is 0.227 e. The smallest absolute Gasteiger partial charge is 0.227 e. The Bertz CT molecular complexity index is 896. The minimum atomic E-state index is -0.520. The van der Waals surface area contributed by atoms with Gasteiger partial charge in [-0.15, -0.1) is 0 Å². The van der Waals surface area contributed by atoms with E-state index >= 15 is 0 Å². The van der Waals surface area contributed by atoms with Gasteiger partial charge in [-0.3, -0.25) is 4.68 Å². The van der Waals surface area contributed by atoms with Gasteiger partial charge in [-0.05, 0) is 26.0 Å². The first-order valence-corrected chi connectivity index (χ1v) is 7.96. The SMILES string of the molecule is COc1c[c]c(F)cc1Nc1ncc(Cl)c(-c2ccn(C(C)C)n2)n1. The molecule has 25 heavy (non-hydrogen) atoms. The first kappa shape index (κ1) is 17.2. The van der Waals surface area contributed by atoms with Gasteiger partial charge >= 0.3 is 0 Å². The van der Waals surface area contributed by atoms with E-state index in [-0.39, 0.29) is 12.0 Å². The van der Waals surface area contributed by atoms with Gasteiger partial charge in [0.25, 0.3) is 0 Å². The highest BCUT2D eigenvalue weighted by atomic mass is 35.5. The molecule has 3 rings (SSSR count). The molecule has 0 amide bonds. The molecule has 0 aliphatic carbocycles. The topological polar surface area (TPSA) is 64.9 Å². The minimum absolute atomic E-state index is 0.222. The molecular weight excluding hydrogens is 345 g/mol. The monoisotopic (exact) mass is 360 g/mol. The van der Waals surface area contributed by atoms with E-state index in [9.17, 15) is 4.39 Å². The van der Waals surface area contributed by atoms with Gasteiger partial charge in [-0.1, -0.05) is 11.6 Å². The van der Waals surface area contributed by atoms with Crippen molar-refractivity contribution in [3.63, 3.8) is 0 Å². The number of rotatable bonds is 5. The van der Waals surface area contributed by atoms with E-state index in [4.69, 9.17) is 16.3 Å². The third-order valence-corrected chi connectivity index (χ3v) is 3.74. The van der Waals surface area contributed by atoms with Crippen LogP contribution in [0.25, 0.3) is 11.4 Å². The maximum absolute atomic E-state index is 13.4. The first-order valence-electron chi connectivity index (χ1n) is 7.58. The van der Waals surface area contributed by atoms with Gasteiger partial charge in [0.05, 0.1) is 24.0 Å². The number of nitrogens with zero attached hydrogens (tertiary/aromatic N) is 4. The Labute approximate surface area is 149 Å². The number of benzene rings is 1. The maximum atomic E-state index is 13.4.